The van der Waals surface area contributed by atoms with Gasteiger partial charge in [-0.25, -0.2) is 18.1 Å². The number of halogens is 1. The Labute approximate surface area is 224 Å². The smallest absolute Gasteiger partial charge is 0.264 e. The van der Waals surface area contributed by atoms with Gasteiger partial charge in [0.2, 0.25) is 0 Å². The molecule has 0 spiro atoms. The highest BCUT2D eigenvalue weighted by atomic mass is 32.2. The molecule has 0 aliphatic carbocycles. The van der Waals surface area contributed by atoms with Crippen molar-refractivity contribution in [2.45, 2.75) is 31.3 Å². The minimum absolute atomic E-state index is 0.126. The number of aromatic nitrogens is 3. The summed E-state index contributed by atoms with van der Waals surface area (Å²) in [6.07, 6.45) is 3.01. The van der Waals surface area contributed by atoms with Crippen LogP contribution in [-0.2, 0) is 28.7 Å². The number of anilines is 2. The molecule has 1 amide bonds. The molecule has 2 fully saturated rings. The molecule has 210 valence electrons. The van der Waals surface area contributed by atoms with E-state index in [1.54, 1.807) is 14.0 Å². The average Bonchev–Trinajstić information content (AvgIpc) is 3.59. The minimum atomic E-state index is -2.78. The predicted octanol–water partition coefficient (Wildman–Crippen LogP) is 1.49. The fraction of sp³-hybridized carbons (Fsp3) is 0.440. The Bertz CT molecular complexity index is 1510. The number of methoxy groups -OCH3 is 2. The second-order valence-corrected chi connectivity index (χ2v) is 11.7. The van der Waals surface area contributed by atoms with Crippen LogP contribution in [0.5, 0.6) is 5.75 Å². The van der Waals surface area contributed by atoms with Crippen LogP contribution in [0.25, 0.3) is 5.52 Å². The van der Waals surface area contributed by atoms with Crippen molar-refractivity contribution in [1.82, 2.24) is 19.3 Å². The highest BCUT2D eigenvalue weighted by Crippen LogP contribution is 2.36. The normalized spacial score (nSPS) is 23.8. The quantitative estimate of drug-likeness (QED) is 0.369. The molecule has 5 rings (SSSR count). The number of benzene rings is 1. The zero-order chi connectivity index (χ0) is 27.7. The zero-order valence-corrected chi connectivity index (χ0v) is 22.7. The summed E-state index contributed by atoms with van der Waals surface area (Å²) in [5.74, 6) is -0.408. The Morgan fingerprint density at radius 3 is 2.74 bits per heavy atom. The van der Waals surface area contributed by atoms with E-state index in [-0.39, 0.29) is 42.8 Å². The van der Waals surface area contributed by atoms with Crippen LogP contribution >= 0.6 is 0 Å². The van der Waals surface area contributed by atoms with Gasteiger partial charge in [0.15, 0.2) is 11.9 Å². The van der Waals surface area contributed by atoms with Crippen LogP contribution in [0.1, 0.15) is 15.9 Å². The molecule has 2 aromatic heterocycles. The molecular weight excluding hydrogens is 533 g/mol. The summed E-state index contributed by atoms with van der Waals surface area (Å²) < 4.78 is 59.2. The van der Waals surface area contributed by atoms with E-state index in [4.69, 9.17) is 23.7 Å². The van der Waals surface area contributed by atoms with Crippen LogP contribution in [0.4, 0.5) is 15.9 Å². The Morgan fingerprint density at radius 1 is 1.26 bits per heavy atom. The summed E-state index contributed by atoms with van der Waals surface area (Å²) in [6.45, 7) is 2.51. The van der Waals surface area contributed by atoms with Crippen molar-refractivity contribution >= 4 is 38.0 Å². The second kappa shape index (κ2) is 11.1. The molecule has 2 aliphatic heterocycles. The van der Waals surface area contributed by atoms with Gasteiger partial charge in [-0.15, -0.1) is 0 Å². The number of amides is 1. The molecule has 4 heterocycles. The Balaban J connectivity index is 1.42. The molecule has 3 aromatic rings. The number of ether oxygens (including phenoxy) is 5. The third kappa shape index (κ3) is 5.56. The van der Waals surface area contributed by atoms with E-state index in [9.17, 15) is 13.4 Å². The topological polar surface area (TPSA) is 135 Å². The molecule has 0 bridgehead atoms. The summed E-state index contributed by atoms with van der Waals surface area (Å²) in [6, 6.07) is 4.11. The molecule has 1 aromatic carbocycles. The first-order valence-electron chi connectivity index (χ1n) is 12.2. The van der Waals surface area contributed by atoms with Gasteiger partial charge in [-0.3, -0.25) is 9.52 Å². The standard InChI is InChI=1S/C25H30FN5O7S/c1-14-16(25(32)30-39(4,33)8-7-34-2)10-31-21(14)24(27-13-28-31)29-17-6-5-15(26)9-18(17)38-20-12-37-22-19(35-3)11-36-23(20)22/h5-6,8-10,13,19-20,22-23H,7,11-12H2,1-4H3,(H,27,28,29)(H,30,32,33). The van der Waals surface area contributed by atoms with Crippen molar-refractivity contribution in [1.29, 1.82) is 0 Å². The van der Waals surface area contributed by atoms with Crippen LogP contribution in [0.15, 0.2) is 30.7 Å². The SMILES string of the molecule is COCC=S(C)(=O)NC(=O)c1cn2ncnc(Nc3ccc(F)cc3OC3COC4C(OC)COC34)c2c1C. The maximum atomic E-state index is 14.3. The van der Waals surface area contributed by atoms with Crippen LogP contribution in [-0.4, -0.2) is 94.8 Å². The molecule has 2 saturated heterocycles. The van der Waals surface area contributed by atoms with Crippen LogP contribution in [0.3, 0.4) is 0 Å². The molecule has 2 aliphatic rings. The number of nitrogens with one attached hydrogen (secondary N) is 2. The van der Waals surface area contributed by atoms with Crippen molar-refractivity contribution < 1.29 is 37.1 Å². The van der Waals surface area contributed by atoms with Gasteiger partial charge in [-0.1, -0.05) is 0 Å². The lowest BCUT2D eigenvalue weighted by molar-refractivity contribution is -0.0138. The molecule has 5 unspecified atom stereocenters. The van der Waals surface area contributed by atoms with E-state index < -0.39 is 27.5 Å². The van der Waals surface area contributed by atoms with Gasteiger partial charge < -0.3 is 29.0 Å². The number of fused-ring (bicyclic) bond motifs is 2. The summed E-state index contributed by atoms with van der Waals surface area (Å²) in [5.41, 5.74) is 1.78. The van der Waals surface area contributed by atoms with Crippen molar-refractivity contribution in [3.8, 4) is 5.75 Å². The van der Waals surface area contributed by atoms with Crippen LogP contribution in [0.2, 0.25) is 0 Å². The average molecular weight is 564 g/mol. The summed E-state index contributed by atoms with van der Waals surface area (Å²) in [5, 5.41) is 8.80. The Morgan fingerprint density at radius 2 is 2.00 bits per heavy atom. The Kier molecular flexibility index (Phi) is 7.73. The van der Waals surface area contributed by atoms with Crippen LogP contribution < -0.4 is 14.8 Å². The van der Waals surface area contributed by atoms with E-state index in [1.807, 2.05) is 0 Å². The number of nitrogens with zero attached hydrogens (tertiary/aromatic N) is 3. The molecule has 14 heteroatoms. The number of carbonyl (C=O) groups excluding carboxylic acids is 1. The number of aryl methyl sites for hydroxylation is 1. The van der Waals surface area contributed by atoms with Gasteiger partial charge in [0, 0.05) is 38.1 Å². The Hall–Kier alpha value is -3.30. The highest BCUT2D eigenvalue weighted by Gasteiger charge is 2.49. The maximum absolute atomic E-state index is 14.3. The molecule has 12 nitrogen and oxygen atoms in total. The van der Waals surface area contributed by atoms with Crippen molar-refractivity contribution in [2.24, 2.45) is 0 Å². The minimum Gasteiger partial charge on any atom is -0.483 e. The highest BCUT2D eigenvalue weighted by molar-refractivity contribution is 7.99. The first-order chi connectivity index (χ1) is 18.7. The lowest BCUT2D eigenvalue weighted by Gasteiger charge is -2.20. The number of rotatable bonds is 9. The fourth-order valence-electron chi connectivity index (χ4n) is 4.68. The predicted molar refractivity (Wildman–Crippen MR) is 142 cm³/mol. The maximum Gasteiger partial charge on any atom is 0.264 e. The number of carbonyl (C=O) groups is 1. The summed E-state index contributed by atoms with van der Waals surface area (Å²) >= 11 is 0. The largest absolute Gasteiger partial charge is 0.483 e. The van der Waals surface area contributed by atoms with E-state index >= 15 is 0 Å². The molecule has 39 heavy (non-hydrogen) atoms. The number of hydrogen-bond acceptors (Lipinski definition) is 10. The first-order valence-corrected chi connectivity index (χ1v) is 14.2. The molecule has 0 saturated carbocycles. The van der Waals surface area contributed by atoms with Gasteiger partial charge >= 0.3 is 0 Å². The summed E-state index contributed by atoms with van der Waals surface area (Å²) in [7, 11) is 0.297. The first kappa shape index (κ1) is 27.3. The lowest BCUT2D eigenvalue weighted by atomic mass is 10.1. The van der Waals surface area contributed by atoms with Gasteiger partial charge in [0.1, 0.15) is 41.7 Å². The van der Waals surface area contributed by atoms with Gasteiger partial charge in [0.05, 0.1) is 40.8 Å². The molecule has 2 N–H and O–H groups in total. The summed E-state index contributed by atoms with van der Waals surface area (Å²) in [4.78, 5) is 17.3. The zero-order valence-electron chi connectivity index (χ0n) is 21.9. The van der Waals surface area contributed by atoms with E-state index in [2.05, 4.69) is 20.1 Å². The second-order valence-electron chi connectivity index (χ2n) is 9.32. The van der Waals surface area contributed by atoms with Crippen LogP contribution in [0, 0.1) is 12.7 Å². The van der Waals surface area contributed by atoms with Gasteiger partial charge in [-0.05, 0) is 24.6 Å². The molecule has 5 atom stereocenters. The van der Waals surface area contributed by atoms with E-state index in [0.717, 1.165) is 0 Å². The van der Waals surface area contributed by atoms with Crippen molar-refractivity contribution in [2.75, 3.05) is 45.6 Å². The lowest BCUT2D eigenvalue weighted by Crippen LogP contribution is -2.35. The number of hydrogen-bond donors (Lipinski definition) is 2. The van der Waals surface area contributed by atoms with Crippen molar-refractivity contribution in [3.05, 3.63) is 47.7 Å². The van der Waals surface area contributed by atoms with E-state index in [0.29, 0.717) is 29.2 Å². The monoisotopic (exact) mass is 563 g/mol. The fourth-order valence-corrected chi connectivity index (χ4v) is 5.64. The molecule has 0 radical (unpaired) electrons. The van der Waals surface area contributed by atoms with Crippen molar-refractivity contribution in [3.63, 3.8) is 0 Å². The third-order valence-electron chi connectivity index (χ3n) is 6.66. The third-order valence-corrected chi connectivity index (χ3v) is 8.02. The molecular formula is C25H30FN5O7S. The van der Waals surface area contributed by atoms with E-state index in [1.165, 1.54) is 54.0 Å². The van der Waals surface area contributed by atoms with Gasteiger partial charge in [0.25, 0.3) is 5.91 Å². The van der Waals surface area contributed by atoms with Gasteiger partial charge in [-0.2, -0.15) is 5.10 Å².